The largest absolute Gasteiger partial charge is 0.271 e. The van der Waals surface area contributed by atoms with Crippen LogP contribution in [0.4, 0.5) is 0 Å². The van der Waals surface area contributed by atoms with E-state index in [2.05, 4.69) is 27.1 Å². The number of hydrogen-bond acceptors (Lipinski definition) is 4. The van der Waals surface area contributed by atoms with Crippen LogP contribution in [0, 0.1) is 16.7 Å². The van der Waals surface area contributed by atoms with Gasteiger partial charge in [0.05, 0.1) is 38.9 Å². The molecular formula is C12H16BrN3O2S. The monoisotopic (exact) mass is 345 g/mol. The first-order valence-electron chi connectivity index (χ1n) is 6.14. The fourth-order valence-electron chi connectivity index (χ4n) is 2.52. The average Bonchev–Trinajstić information content (AvgIpc) is 2.81. The van der Waals surface area contributed by atoms with Gasteiger partial charge in [-0.15, -0.1) is 0 Å². The first kappa shape index (κ1) is 14.5. The van der Waals surface area contributed by atoms with Crippen molar-refractivity contribution in [2.75, 3.05) is 11.5 Å². The molecule has 2 heterocycles. The second kappa shape index (κ2) is 4.91. The maximum atomic E-state index is 11.6. The Bertz CT molecular complexity index is 645. The van der Waals surface area contributed by atoms with Gasteiger partial charge in [0.1, 0.15) is 0 Å². The summed E-state index contributed by atoms with van der Waals surface area (Å²) in [5, 5.41) is 13.8. The van der Waals surface area contributed by atoms with Crippen molar-refractivity contribution >= 4 is 25.8 Å². The summed E-state index contributed by atoms with van der Waals surface area (Å²) < 4.78 is 25.9. The number of sulfone groups is 1. The Kier molecular flexibility index (Phi) is 3.76. The molecule has 7 heteroatoms. The second-order valence-corrected chi connectivity index (χ2v) is 8.07. The molecule has 1 unspecified atom stereocenters. The fourth-order valence-corrected chi connectivity index (χ4v) is 5.27. The third-order valence-electron chi connectivity index (χ3n) is 3.63. The van der Waals surface area contributed by atoms with Crippen molar-refractivity contribution < 1.29 is 8.42 Å². The lowest BCUT2D eigenvalue weighted by Crippen LogP contribution is -2.24. The van der Waals surface area contributed by atoms with Gasteiger partial charge in [0.25, 0.3) is 0 Å². The molecule has 1 saturated heterocycles. The molecule has 1 atom stereocenters. The minimum absolute atomic E-state index is 0.0461. The van der Waals surface area contributed by atoms with E-state index in [0.29, 0.717) is 12.8 Å². The molecular weight excluding hydrogens is 330 g/mol. The molecule has 1 aliphatic heterocycles. The highest BCUT2D eigenvalue weighted by atomic mass is 79.9. The molecule has 0 aliphatic carbocycles. The van der Waals surface area contributed by atoms with Crippen LogP contribution < -0.4 is 0 Å². The number of nitrogens with zero attached hydrogens (tertiary/aromatic N) is 3. The molecule has 0 N–H and O–H groups in total. The Morgan fingerprint density at radius 1 is 1.58 bits per heavy atom. The maximum Gasteiger partial charge on any atom is 0.151 e. The Labute approximate surface area is 121 Å². The van der Waals surface area contributed by atoms with Crippen LogP contribution in [0.3, 0.4) is 0 Å². The number of aryl methyl sites for hydroxylation is 2. The number of nitriles is 1. The maximum absolute atomic E-state index is 11.6. The van der Waals surface area contributed by atoms with E-state index < -0.39 is 15.3 Å². The van der Waals surface area contributed by atoms with Crippen molar-refractivity contribution in [1.82, 2.24) is 9.78 Å². The zero-order chi connectivity index (χ0) is 14.3. The van der Waals surface area contributed by atoms with Gasteiger partial charge in [-0.2, -0.15) is 10.4 Å². The highest BCUT2D eigenvalue weighted by molar-refractivity contribution is 9.10. The summed E-state index contributed by atoms with van der Waals surface area (Å²) in [7, 11) is -1.25. The minimum Gasteiger partial charge on any atom is -0.271 e. The molecule has 1 aromatic heterocycles. The third kappa shape index (κ3) is 2.70. The van der Waals surface area contributed by atoms with Gasteiger partial charge in [-0.1, -0.05) is 6.92 Å². The summed E-state index contributed by atoms with van der Waals surface area (Å²) in [6.07, 6.45) is 1.63. The Morgan fingerprint density at radius 2 is 2.26 bits per heavy atom. The van der Waals surface area contributed by atoms with E-state index in [0.717, 1.165) is 22.3 Å². The molecule has 5 nitrogen and oxygen atoms in total. The third-order valence-corrected chi connectivity index (χ3v) is 6.37. The van der Waals surface area contributed by atoms with E-state index in [1.165, 1.54) is 0 Å². The molecule has 0 spiro atoms. The van der Waals surface area contributed by atoms with Crippen LogP contribution in [0.15, 0.2) is 4.47 Å². The topological polar surface area (TPSA) is 75.8 Å². The first-order valence-corrected chi connectivity index (χ1v) is 8.76. The Morgan fingerprint density at radius 3 is 2.68 bits per heavy atom. The normalized spacial score (nSPS) is 25.4. The summed E-state index contributed by atoms with van der Waals surface area (Å²) in [6, 6.07) is 2.22. The SMILES string of the molecule is CCc1nn(C)c(CC2(C#N)CCS(=O)(=O)C2)c1Br. The van der Waals surface area contributed by atoms with Crippen LogP contribution in [0.1, 0.15) is 24.7 Å². The lowest BCUT2D eigenvalue weighted by Gasteiger charge is -2.18. The molecule has 0 saturated carbocycles. The number of hydrogen-bond donors (Lipinski definition) is 0. The van der Waals surface area contributed by atoms with Crippen molar-refractivity contribution in [3.05, 3.63) is 15.9 Å². The predicted octanol–water partition coefficient (Wildman–Crippen LogP) is 1.62. The Hall–Kier alpha value is -0.870. The van der Waals surface area contributed by atoms with E-state index in [-0.39, 0.29) is 11.5 Å². The minimum atomic E-state index is -3.08. The molecule has 1 aromatic rings. The Balaban J connectivity index is 2.36. The highest BCUT2D eigenvalue weighted by Gasteiger charge is 2.43. The first-order chi connectivity index (χ1) is 8.82. The lowest BCUT2D eigenvalue weighted by molar-refractivity contribution is 0.434. The van der Waals surface area contributed by atoms with Crippen molar-refractivity contribution in [2.45, 2.75) is 26.2 Å². The second-order valence-electron chi connectivity index (χ2n) is 5.10. The average molecular weight is 346 g/mol. The van der Waals surface area contributed by atoms with Gasteiger partial charge in [0.2, 0.25) is 0 Å². The van der Waals surface area contributed by atoms with Gasteiger partial charge in [0, 0.05) is 13.5 Å². The van der Waals surface area contributed by atoms with E-state index in [1.807, 2.05) is 14.0 Å². The summed E-state index contributed by atoms with van der Waals surface area (Å²) in [5.41, 5.74) is 1.03. The fraction of sp³-hybridized carbons (Fsp3) is 0.667. The number of aromatic nitrogens is 2. The molecule has 1 aliphatic rings. The molecule has 2 rings (SSSR count). The zero-order valence-electron chi connectivity index (χ0n) is 11.0. The quantitative estimate of drug-likeness (QED) is 0.833. The van der Waals surface area contributed by atoms with Crippen molar-refractivity contribution in [2.24, 2.45) is 12.5 Å². The smallest absolute Gasteiger partial charge is 0.151 e. The lowest BCUT2D eigenvalue weighted by atomic mass is 9.84. The summed E-state index contributed by atoms with van der Waals surface area (Å²) in [4.78, 5) is 0. The summed E-state index contributed by atoms with van der Waals surface area (Å²) in [5.74, 6) is 0.0617. The molecule has 1 fully saturated rings. The van der Waals surface area contributed by atoms with Crippen LogP contribution in [0.5, 0.6) is 0 Å². The molecule has 104 valence electrons. The van der Waals surface area contributed by atoms with Crippen molar-refractivity contribution in [3.63, 3.8) is 0 Å². The van der Waals surface area contributed by atoms with E-state index in [1.54, 1.807) is 4.68 Å². The molecule has 0 radical (unpaired) electrons. The molecule has 0 amide bonds. The molecule has 19 heavy (non-hydrogen) atoms. The molecule has 0 bridgehead atoms. The standard InChI is InChI=1S/C12H16BrN3O2S/c1-3-9-11(13)10(16(2)15-9)6-12(7-14)4-5-19(17,18)8-12/h3-6,8H2,1-2H3. The van der Waals surface area contributed by atoms with Gasteiger partial charge in [-0.25, -0.2) is 8.42 Å². The van der Waals surface area contributed by atoms with Crippen LogP contribution in [0.25, 0.3) is 0 Å². The van der Waals surface area contributed by atoms with Gasteiger partial charge in [-0.05, 0) is 28.8 Å². The van der Waals surface area contributed by atoms with Gasteiger partial charge < -0.3 is 0 Å². The zero-order valence-corrected chi connectivity index (χ0v) is 13.4. The van der Waals surface area contributed by atoms with Crippen LogP contribution in [-0.2, 0) is 29.7 Å². The van der Waals surface area contributed by atoms with Crippen molar-refractivity contribution in [1.29, 1.82) is 5.26 Å². The predicted molar refractivity (Wildman–Crippen MR) is 75.3 cm³/mol. The summed E-state index contributed by atoms with van der Waals surface area (Å²) >= 11 is 3.51. The van der Waals surface area contributed by atoms with Crippen LogP contribution in [0.2, 0.25) is 0 Å². The van der Waals surface area contributed by atoms with Crippen molar-refractivity contribution in [3.8, 4) is 6.07 Å². The van der Waals surface area contributed by atoms with Gasteiger partial charge in [0.15, 0.2) is 9.84 Å². The van der Waals surface area contributed by atoms with Crippen LogP contribution >= 0.6 is 15.9 Å². The highest BCUT2D eigenvalue weighted by Crippen LogP contribution is 2.37. The summed E-state index contributed by atoms with van der Waals surface area (Å²) in [6.45, 7) is 2.01. The van der Waals surface area contributed by atoms with Gasteiger partial charge in [-0.3, -0.25) is 4.68 Å². The van der Waals surface area contributed by atoms with E-state index in [4.69, 9.17) is 0 Å². The van der Waals surface area contributed by atoms with Gasteiger partial charge >= 0.3 is 0 Å². The molecule has 0 aromatic carbocycles. The van der Waals surface area contributed by atoms with E-state index in [9.17, 15) is 13.7 Å². The number of halogens is 1. The number of rotatable bonds is 3. The van der Waals surface area contributed by atoms with Crippen LogP contribution in [-0.4, -0.2) is 29.7 Å². The van der Waals surface area contributed by atoms with E-state index >= 15 is 0 Å².